The van der Waals surface area contributed by atoms with Crippen molar-refractivity contribution in [2.24, 2.45) is 0 Å². The van der Waals surface area contributed by atoms with E-state index in [9.17, 15) is 4.79 Å². The summed E-state index contributed by atoms with van der Waals surface area (Å²) >= 11 is 7.88. The van der Waals surface area contributed by atoms with Crippen LogP contribution in [0.15, 0.2) is 60.0 Å². The van der Waals surface area contributed by atoms with Gasteiger partial charge in [-0.1, -0.05) is 48.0 Å². The summed E-state index contributed by atoms with van der Waals surface area (Å²) in [5, 5.41) is 5.64. The Morgan fingerprint density at radius 3 is 2.80 bits per heavy atom. The van der Waals surface area contributed by atoms with Gasteiger partial charge < -0.3 is 10.1 Å². The zero-order valence-electron chi connectivity index (χ0n) is 13.4. The number of para-hydroxylation sites is 1. The first-order valence-corrected chi connectivity index (χ1v) is 9.30. The number of hydrogen-bond donors (Lipinski definition) is 1. The van der Waals surface area contributed by atoms with Gasteiger partial charge in [0.25, 0.3) is 0 Å². The molecule has 0 saturated heterocycles. The van der Waals surface area contributed by atoms with Gasteiger partial charge in [-0.05, 0) is 23.6 Å². The predicted molar refractivity (Wildman–Crippen MR) is 102 cm³/mol. The molecule has 2 aromatic carbocycles. The Labute approximate surface area is 155 Å². The molecule has 1 aliphatic heterocycles. The Bertz CT molecular complexity index is 921. The van der Waals surface area contributed by atoms with E-state index >= 15 is 0 Å². The maximum Gasteiger partial charge on any atom is 0.225 e. The number of halogens is 1. The summed E-state index contributed by atoms with van der Waals surface area (Å²) in [5.74, 6) is 0.851. The lowest BCUT2D eigenvalue weighted by Gasteiger charge is -2.24. The first-order valence-electron chi connectivity index (χ1n) is 8.05. The second kappa shape index (κ2) is 6.90. The molecule has 4 rings (SSSR count). The first kappa shape index (κ1) is 16.2. The standard InChI is InChI=1S/C20H16ClNO2S/c21-16-7-3-1-5-13(16)12-24-18-8-4-2-6-14(18)15-11-19(23)22-17-9-10-25-20(15)17/h1-10,15H,11-12H2,(H,22,23). The predicted octanol–water partition coefficient (Wildman–Crippen LogP) is 5.45. The minimum Gasteiger partial charge on any atom is -0.489 e. The Balaban J connectivity index is 1.64. The lowest BCUT2D eigenvalue weighted by Crippen LogP contribution is -2.22. The molecular formula is C20H16ClNO2S. The molecule has 0 saturated carbocycles. The normalized spacial score (nSPS) is 16.2. The van der Waals surface area contributed by atoms with Crippen LogP contribution in [0.5, 0.6) is 5.75 Å². The number of nitrogens with one attached hydrogen (secondary N) is 1. The van der Waals surface area contributed by atoms with Gasteiger partial charge in [-0.2, -0.15) is 0 Å². The fourth-order valence-corrected chi connectivity index (χ4v) is 4.26. The van der Waals surface area contributed by atoms with Crippen LogP contribution in [0, 0.1) is 0 Å². The molecule has 0 bridgehead atoms. The molecule has 1 aliphatic rings. The fraction of sp³-hybridized carbons (Fsp3) is 0.150. The second-order valence-corrected chi connectivity index (χ2v) is 7.28. The zero-order valence-corrected chi connectivity index (χ0v) is 14.9. The number of carbonyl (C=O) groups excluding carboxylic acids is 1. The maximum absolute atomic E-state index is 12.1. The van der Waals surface area contributed by atoms with Gasteiger partial charge in [-0.15, -0.1) is 11.3 Å². The number of ether oxygens (including phenoxy) is 1. The fourth-order valence-electron chi connectivity index (χ4n) is 3.10. The summed E-state index contributed by atoms with van der Waals surface area (Å²) in [6, 6.07) is 17.5. The number of thiophene rings is 1. The molecule has 0 aliphatic carbocycles. The monoisotopic (exact) mass is 369 g/mol. The van der Waals surface area contributed by atoms with Crippen molar-refractivity contribution in [2.75, 3.05) is 5.32 Å². The third-order valence-corrected chi connectivity index (χ3v) is 5.71. The largest absolute Gasteiger partial charge is 0.489 e. The Kier molecular flexibility index (Phi) is 4.47. The van der Waals surface area contributed by atoms with E-state index < -0.39 is 0 Å². The van der Waals surface area contributed by atoms with E-state index in [1.54, 1.807) is 11.3 Å². The van der Waals surface area contributed by atoms with Crippen molar-refractivity contribution in [1.29, 1.82) is 0 Å². The highest BCUT2D eigenvalue weighted by Crippen LogP contribution is 2.43. The van der Waals surface area contributed by atoms with Gasteiger partial charge in [-0.3, -0.25) is 4.79 Å². The summed E-state index contributed by atoms with van der Waals surface area (Å²) in [7, 11) is 0. The van der Waals surface area contributed by atoms with Crippen LogP contribution < -0.4 is 10.1 Å². The number of amides is 1. The number of anilines is 1. The van der Waals surface area contributed by atoms with Crippen molar-refractivity contribution in [2.45, 2.75) is 18.9 Å². The summed E-state index contributed by atoms with van der Waals surface area (Å²) in [5.41, 5.74) is 2.89. The van der Waals surface area contributed by atoms with Gasteiger partial charge in [0, 0.05) is 33.4 Å². The molecule has 0 radical (unpaired) electrons. The summed E-state index contributed by atoms with van der Waals surface area (Å²) in [6.45, 7) is 0.396. The van der Waals surface area contributed by atoms with Gasteiger partial charge in [0.2, 0.25) is 5.91 Å². The molecular weight excluding hydrogens is 354 g/mol. The molecule has 0 spiro atoms. The van der Waals surface area contributed by atoms with Gasteiger partial charge in [0.15, 0.2) is 0 Å². The number of benzene rings is 2. The molecule has 1 aromatic heterocycles. The highest BCUT2D eigenvalue weighted by molar-refractivity contribution is 7.10. The van der Waals surface area contributed by atoms with Crippen LogP contribution in [-0.2, 0) is 11.4 Å². The lowest BCUT2D eigenvalue weighted by atomic mass is 9.90. The Hall–Kier alpha value is -2.30. The van der Waals surface area contributed by atoms with E-state index in [2.05, 4.69) is 5.32 Å². The van der Waals surface area contributed by atoms with E-state index in [0.29, 0.717) is 18.1 Å². The van der Waals surface area contributed by atoms with Gasteiger partial charge in [0.05, 0.1) is 5.69 Å². The van der Waals surface area contributed by atoms with Crippen molar-refractivity contribution < 1.29 is 9.53 Å². The number of hydrogen-bond acceptors (Lipinski definition) is 3. The molecule has 1 N–H and O–H groups in total. The average molecular weight is 370 g/mol. The SMILES string of the molecule is O=C1CC(c2ccccc2OCc2ccccc2Cl)c2sccc2N1. The first-order chi connectivity index (χ1) is 12.2. The Morgan fingerprint density at radius 2 is 1.92 bits per heavy atom. The van der Waals surface area contributed by atoms with Crippen molar-refractivity contribution in [3.8, 4) is 5.75 Å². The zero-order chi connectivity index (χ0) is 17.2. The molecule has 1 atom stereocenters. The average Bonchev–Trinajstić information content (AvgIpc) is 3.09. The minimum absolute atomic E-state index is 0.0196. The summed E-state index contributed by atoms with van der Waals surface area (Å²) in [6.07, 6.45) is 0.431. The molecule has 3 nitrogen and oxygen atoms in total. The van der Waals surface area contributed by atoms with Crippen molar-refractivity contribution in [3.05, 3.63) is 81.0 Å². The quantitative estimate of drug-likeness (QED) is 0.663. The van der Waals surface area contributed by atoms with E-state index in [-0.39, 0.29) is 11.8 Å². The second-order valence-electron chi connectivity index (χ2n) is 5.92. The van der Waals surface area contributed by atoms with Crippen LogP contribution in [0.1, 0.15) is 28.3 Å². The molecule has 126 valence electrons. The topological polar surface area (TPSA) is 38.3 Å². The molecule has 1 unspecified atom stereocenters. The highest BCUT2D eigenvalue weighted by Gasteiger charge is 2.29. The third-order valence-electron chi connectivity index (χ3n) is 4.31. The van der Waals surface area contributed by atoms with Crippen molar-refractivity contribution in [3.63, 3.8) is 0 Å². The van der Waals surface area contributed by atoms with Crippen LogP contribution in [0.2, 0.25) is 5.02 Å². The number of fused-ring (bicyclic) bond motifs is 1. The van der Waals surface area contributed by atoms with E-state index in [4.69, 9.17) is 16.3 Å². The van der Waals surface area contributed by atoms with E-state index in [0.717, 1.165) is 22.6 Å². The molecule has 5 heteroatoms. The van der Waals surface area contributed by atoms with Crippen molar-refractivity contribution >= 4 is 34.5 Å². The van der Waals surface area contributed by atoms with E-state index in [1.807, 2.05) is 60.0 Å². The minimum atomic E-state index is 0.0196. The highest BCUT2D eigenvalue weighted by atomic mass is 35.5. The van der Waals surface area contributed by atoms with Crippen LogP contribution >= 0.6 is 22.9 Å². The van der Waals surface area contributed by atoms with Crippen molar-refractivity contribution in [1.82, 2.24) is 0 Å². The van der Waals surface area contributed by atoms with Gasteiger partial charge in [-0.25, -0.2) is 0 Å². The number of carbonyl (C=O) groups is 1. The van der Waals surface area contributed by atoms with Crippen LogP contribution in [-0.4, -0.2) is 5.91 Å². The Morgan fingerprint density at radius 1 is 1.12 bits per heavy atom. The van der Waals surface area contributed by atoms with E-state index in [1.165, 1.54) is 4.88 Å². The molecule has 1 amide bonds. The van der Waals surface area contributed by atoms with Gasteiger partial charge >= 0.3 is 0 Å². The molecule has 0 fully saturated rings. The smallest absolute Gasteiger partial charge is 0.225 e. The molecule has 2 heterocycles. The third kappa shape index (κ3) is 3.28. The van der Waals surface area contributed by atoms with Crippen LogP contribution in [0.3, 0.4) is 0 Å². The lowest BCUT2D eigenvalue weighted by molar-refractivity contribution is -0.116. The van der Waals surface area contributed by atoms with Crippen LogP contribution in [0.25, 0.3) is 0 Å². The molecule has 3 aromatic rings. The van der Waals surface area contributed by atoms with Gasteiger partial charge in [0.1, 0.15) is 12.4 Å². The molecule has 25 heavy (non-hydrogen) atoms. The van der Waals surface area contributed by atoms with Crippen LogP contribution in [0.4, 0.5) is 5.69 Å². The maximum atomic E-state index is 12.1. The summed E-state index contributed by atoms with van der Waals surface area (Å²) in [4.78, 5) is 13.3. The number of rotatable bonds is 4. The summed E-state index contributed by atoms with van der Waals surface area (Å²) < 4.78 is 6.07.